The molecular weight excluding hydrogens is 200 g/mol. The van der Waals surface area contributed by atoms with Crippen molar-refractivity contribution in [3.05, 3.63) is 32.6 Å². The Bertz CT molecular complexity index is 446. The standard InChI is InChI=1S/C9H12N2O4/c12-7(13)4-2-1-3-6-5-10-9(15)11-8(6)14/h5H,1-4H2,(H,12,13)(H2,10,11,14,15). The molecule has 6 nitrogen and oxygen atoms in total. The lowest BCUT2D eigenvalue weighted by Crippen LogP contribution is -2.24. The number of aromatic nitrogens is 2. The number of aliphatic carboxylic acids is 1. The number of hydrogen-bond acceptors (Lipinski definition) is 3. The highest BCUT2D eigenvalue weighted by atomic mass is 16.4. The predicted molar refractivity (Wildman–Crippen MR) is 52.9 cm³/mol. The van der Waals surface area contributed by atoms with Gasteiger partial charge in [-0.1, -0.05) is 0 Å². The number of H-pyrrole nitrogens is 2. The van der Waals surface area contributed by atoms with Crippen molar-refractivity contribution in [1.29, 1.82) is 0 Å². The summed E-state index contributed by atoms with van der Waals surface area (Å²) in [4.78, 5) is 36.5. The van der Waals surface area contributed by atoms with E-state index in [1.165, 1.54) is 6.20 Å². The first-order chi connectivity index (χ1) is 7.09. The van der Waals surface area contributed by atoms with E-state index in [9.17, 15) is 14.4 Å². The van der Waals surface area contributed by atoms with Crippen molar-refractivity contribution < 1.29 is 9.90 Å². The second-order valence-electron chi connectivity index (χ2n) is 3.20. The van der Waals surface area contributed by atoms with Crippen molar-refractivity contribution in [2.75, 3.05) is 0 Å². The molecule has 0 aliphatic heterocycles. The number of hydrogen-bond donors (Lipinski definition) is 3. The van der Waals surface area contributed by atoms with Gasteiger partial charge in [0.25, 0.3) is 5.56 Å². The molecular formula is C9H12N2O4. The number of unbranched alkanes of at least 4 members (excludes halogenated alkanes) is 1. The van der Waals surface area contributed by atoms with Crippen LogP contribution in [0.5, 0.6) is 0 Å². The number of rotatable bonds is 5. The third-order valence-corrected chi connectivity index (χ3v) is 1.98. The van der Waals surface area contributed by atoms with Crippen LogP contribution in [0.15, 0.2) is 15.8 Å². The number of nitrogens with one attached hydrogen (secondary N) is 2. The molecule has 0 aliphatic carbocycles. The molecule has 0 aliphatic rings. The molecule has 6 heteroatoms. The first-order valence-corrected chi connectivity index (χ1v) is 4.62. The molecule has 1 aromatic heterocycles. The van der Waals surface area contributed by atoms with E-state index in [-0.39, 0.29) is 6.42 Å². The van der Waals surface area contributed by atoms with Gasteiger partial charge in [-0.3, -0.25) is 14.6 Å². The predicted octanol–water partition coefficient (Wildman–Crippen LogP) is -0.139. The summed E-state index contributed by atoms with van der Waals surface area (Å²) in [5, 5.41) is 8.39. The van der Waals surface area contributed by atoms with Crippen LogP contribution in [-0.4, -0.2) is 21.0 Å². The third kappa shape index (κ3) is 3.80. The minimum absolute atomic E-state index is 0.0985. The summed E-state index contributed by atoms with van der Waals surface area (Å²) in [6, 6.07) is 0. The Labute approximate surface area is 85.0 Å². The fraction of sp³-hybridized carbons (Fsp3) is 0.444. The van der Waals surface area contributed by atoms with Crippen LogP contribution in [0.2, 0.25) is 0 Å². The van der Waals surface area contributed by atoms with Crippen LogP contribution in [0.4, 0.5) is 0 Å². The van der Waals surface area contributed by atoms with Gasteiger partial charge in [-0.05, 0) is 19.3 Å². The lowest BCUT2D eigenvalue weighted by atomic mass is 10.1. The summed E-state index contributed by atoms with van der Waals surface area (Å²) in [7, 11) is 0. The molecule has 0 fully saturated rings. The van der Waals surface area contributed by atoms with Gasteiger partial charge in [0.2, 0.25) is 0 Å². The molecule has 0 bridgehead atoms. The van der Waals surface area contributed by atoms with Crippen LogP contribution in [0.3, 0.4) is 0 Å². The zero-order chi connectivity index (χ0) is 11.3. The largest absolute Gasteiger partial charge is 0.481 e. The van der Waals surface area contributed by atoms with Crippen LogP contribution in [0.25, 0.3) is 0 Å². The van der Waals surface area contributed by atoms with Crippen molar-refractivity contribution in [2.45, 2.75) is 25.7 Å². The molecule has 0 saturated carbocycles. The van der Waals surface area contributed by atoms with E-state index in [0.29, 0.717) is 24.8 Å². The van der Waals surface area contributed by atoms with Gasteiger partial charge in [0.1, 0.15) is 0 Å². The van der Waals surface area contributed by atoms with Gasteiger partial charge < -0.3 is 10.1 Å². The fourth-order valence-corrected chi connectivity index (χ4v) is 1.22. The van der Waals surface area contributed by atoms with Crippen LogP contribution in [-0.2, 0) is 11.2 Å². The fourth-order valence-electron chi connectivity index (χ4n) is 1.22. The number of carbonyl (C=O) groups is 1. The van der Waals surface area contributed by atoms with Gasteiger partial charge in [-0.2, -0.15) is 0 Å². The van der Waals surface area contributed by atoms with Crippen LogP contribution >= 0.6 is 0 Å². The van der Waals surface area contributed by atoms with E-state index < -0.39 is 17.2 Å². The minimum Gasteiger partial charge on any atom is -0.481 e. The molecule has 1 rings (SSSR count). The van der Waals surface area contributed by atoms with Crippen LogP contribution in [0, 0.1) is 0 Å². The van der Waals surface area contributed by atoms with E-state index in [0.717, 1.165) is 0 Å². The topological polar surface area (TPSA) is 103 Å². The maximum absolute atomic E-state index is 11.2. The van der Waals surface area contributed by atoms with Crippen molar-refractivity contribution in [3.8, 4) is 0 Å². The zero-order valence-corrected chi connectivity index (χ0v) is 8.08. The molecule has 0 spiro atoms. The lowest BCUT2D eigenvalue weighted by molar-refractivity contribution is -0.137. The summed E-state index contributed by atoms with van der Waals surface area (Å²) in [6.07, 6.45) is 3.07. The Morgan fingerprint density at radius 3 is 2.67 bits per heavy atom. The Hall–Kier alpha value is -1.85. The smallest absolute Gasteiger partial charge is 0.325 e. The first kappa shape index (κ1) is 11.2. The van der Waals surface area contributed by atoms with E-state index in [4.69, 9.17) is 5.11 Å². The molecule has 0 unspecified atom stereocenters. The molecule has 82 valence electrons. The van der Waals surface area contributed by atoms with Gasteiger partial charge in [-0.25, -0.2) is 4.79 Å². The molecule has 0 amide bonds. The number of carboxylic acids is 1. The lowest BCUT2D eigenvalue weighted by Gasteiger charge is -1.98. The van der Waals surface area contributed by atoms with Crippen molar-refractivity contribution in [2.24, 2.45) is 0 Å². The van der Waals surface area contributed by atoms with Gasteiger partial charge in [0.15, 0.2) is 0 Å². The summed E-state index contributed by atoms with van der Waals surface area (Å²) in [5.41, 5.74) is -0.469. The first-order valence-electron chi connectivity index (χ1n) is 4.62. The number of aryl methyl sites for hydroxylation is 1. The Morgan fingerprint density at radius 2 is 2.07 bits per heavy atom. The van der Waals surface area contributed by atoms with E-state index >= 15 is 0 Å². The maximum atomic E-state index is 11.2. The highest BCUT2D eigenvalue weighted by Gasteiger charge is 2.01. The van der Waals surface area contributed by atoms with Gasteiger partial charge >= 0.3 is 11.7 Å². The van der Waals surface area contributed by atoms with Gasteiger partial charge in [0, 0.05) is 18.2 Å². The van der Waals surface area contributed by atoms with Crippen molar-refractivity contribution in [1.82, 2.24) is 9.97 Å². The van der Waals surface area contributed by atoms with Crippen molar-refractivity contribution in [3.63, 3.8) is 0 Å². The highest BCUT2D eigenvalue weighted by molar-refractivity contribution is 5.66. The molecule has 15 heavy (non-hydrogen) atoms. The summed E-state index contributed by atoms with van der Waals surface area (Å²) >= 11 is 0. The Balaban J connectivity index is 2.48. The normalized spacial score (nSPS) is 10.1. The van der Waals surface area contributed by atoms with Crippen molar-refractivity contribution >= 4 is 5.97 Å². The summed E-state index contributed by atoms with van der Waals surface area (Å²) < 4.78 is 0. The highest BCUT2D eigenvalue weighted by Crippen LogP contribution is 2.00. The average molecular weight is 212 g/mol. The van der Waals surface area contributed by atoms with E-state index in [2.05, 4.69) is 9.97 Å². The maximum Gasteiger partial charge on any atom is 0.325 e. The number of carboxylic acid groups (broad SMARTS) is 1. The molecule has 1 heterocycles. The second kappa shape index (κ2) is 5.14. The number of aromatic amines is 2. The van der Waals surface area contributed by atoms with Gasteiger partial charge in [0.05, 0.1) is 0 Å². The molecule has 0 saturated heterocycles. The Morgan fingerprint density at radius 1 is 1.33 bits per heavy atom. The molecule has 0 aromatic carbocycles. The van der Waals surface area contributed by atoms with E-state index in [1.54, 1.807) is 0 Å². The van der Waals surface area contributed by atoms with Crippen LogP contribution in [0.1, 0.15) is 24.8 Å². The Kier molecular flexibility index (Phi) is 3.84. The molecule has 1 aromatic rings. The van der Waals surface area contributed by atoms with E-state index in [1.807, 2.05) is 0 Å². The summed E-state index contributed by atoms with van der Waals surface area (Å²) in [6.45, 7) is 0. The third-order valence-electron chi connectivity index (χ3n) is 1.98. The van der Waals surface area contributed by atoms with Gasteiger partial charge in [-0.15, -0.1) is 0 Å². The molecule has 3 N–H and O–H groups in total. The van der Waals surface area contributed by atoms with Crippen LogP contribution < -0.4 is 11.2 Å². The SMILES string of the molecule is O=C(O)CCCCc1c[nH]c(=O)[nH]c1=O. The molecule has 0 atom stereocenters. The monoisotopic (exact) mass is 212 g/mol. The second-order valence-corrected chi connectivity index (χ2v) is 3.20. The summed E-state index contributed by atoms with van der Waals surface area (Å²) in [5.74, 6) is -0.842. The molecule has 0 radical (unpaired) electrons. The quantitative estimate of drug-likeness (QED) is 0.591. The minimum atomic E-state index is -0.842. The average Bonchev–Trinajstić information content (AvgIpc) is 2.14. The zero-order valence-electron chi connectivity index (χ0n) is 8.08.